The molecule has 0 aliphatic heterocycles. The van der Waals surface area contributed by atoms with E-state index in [1.165, 1.54) is 0 Å². The summed E-state index contributed by atoms with van der Waals surface area (Å²) in [6.45, 7) is 2.85. The summed E-state index contributed by atoms with van der Waals surface area (Å²) >= 11 is 3.49. The maximum Gasteiger partial charge on any atom is 0.264 e. The third-order valence-electron chi connectivity index (χ3n) is 2.62. The molecule has 0 aliphatic carbocycles. The van der Waals surface area contributed by atoms with Crippen LogP contribution in [0.5, 0.6) is 5.75 Å². The largest absolute Gasteiger partial charge is 0.484 e. The average Bonchev–Trinajstić information content (AvgIpc) is 2.88. The molecule has 0 saturated heterocycles. The van der Waals surface area contributed by atoms with Crippen molar-refractivity contribution in [3.05, 3.63) is 40.0 Å². The topological polar surface area (TPSA) is 74.2 Å². The number of halogens is 1. The molecule has 0 amide bonds. The van der Waals surface area contributed by atoms with Crippen LogP contribution in [0, 0.1) is 0 Å². The zero-order chi connectivity index (χ0) is 13.7. The first-order chi connectivity index (χ1) is 9.22. The van der Waals surface area contributed by atoms with E-state index >= 15 is 0 Å². The van der Waals surface area contributed by atoms with E-state index in [0.29, 0.717) is 18.3 Å². The molecule has 0 bridgehead atoms. The van der Waals surface area contributed by atoms with E-state index in [1.54, 1.807) is 0 Å². The number of aromatic nitrogens is 2. The van der Waals surface area contributed by atoms with E-state index in [9.17, 15) is 0 Å². The van der Waals surface area contributed by atoms with Crippen LogP contribution in [-0.4, -0.2) is 16.7 Å². The van der Waals surface area contributed by atoms with E-state index in [2.05, 4.69) is 26.1 Å². The first-order valence-electron chi connectivity index (χ1n) is 6.15. The SMILES string of the molecule is CCc1noc(COc2ccc(Br)c(CCN)c2)n1. The Morgan fingerprint density at radius 1 is 1.42 bits per heavy atom. The molecule has 0 spiro atoms. The molecule has 19 heavy (non-hydrogen) atoms. The number of nitrogens with zero attached hydrogens (tertiary/aromatic N) is 2. The zero-order valence-corrected chi connectivity index (χ0v) is 12.3. The van der Waals surface area contributed by atoms with Crippen molar-refractivity contribution >= 4 is 15.9 Å². The van der Waals surface area contributed by atoms with E-state index < -0.39 is 0 Å². The van der Waals surface area contributed by atoms with Crippen LogP contribution < -0.4 is 10.5 Å². The Morgan fingerprint density at radius 3 is 2.95 bits per heavy atom. The predicted molar refractivity (Wildman–Crippen MR) is 74.9 cm³/mol. The van der Waals surface area contributed by atoms with Crippen LogP contribution in [0.4, 0.5) is 0 Å². The third-order valence-corrected chi connectivity index (χ3v) is 3.39. The third kappa shape index (κ3) is 3.78. The monoisotopic (exact) mass is 325 g/mol. The summed E-state index contributed by atoms with van der Waals surface area (Å²) in [5, 5.41) is 3.82. The Hall–Kier alpha value is -1.40. The summed E-state index contributed by atoms with van der Waals surface area (Å²) in [6.07, 6.45) is 1.56. The lowest BCUT2D eigenvalue weighted by Gasteiger charge is -2.07. The van der Waals surface area contributed by atoms with Crippen molar-refractivity contribution < 1.29 is 9.26 Å². The van der Waals surface area contributed by atoms with Gasteiger partial charge in [-0.2, -0.15) is 4.98 Å². The van der Waals surface area contributed by atoms with Gasteiger partial charge in [-0.3, -0.25) is 0 Å². The Kier molecular flexibility index (Phi) is 4.93. The molecular weight excluding hydrogens is 310 g/mol. The Morgan fingerprint density at radius 2 is 2.26 bits per heavy atom. The molecule has 1 aromatic carbocycles. The second-order valence-electron chi connectivity index (χ2n) is 4.04. The molecule has 5 nitrogen and oxygen atoms in total. The number of aryl methyl sites for hydroxylation is 1. The highest BCUT2D eigenvalue weighted by Crippen LogP contribution is 2.23. The molecule has 1 heterocycles. The number of rotatable bonds is 6. The minimum atomic E-state index is 0.275. The van der Waals surface area contributed by atoms with Crippen molar-refractivity contribution in [1.82, 2.24) is 10.1 Å². The quantitative estimate of drug-likeness (QED) is 0.883. The number of hydrogen-bond acceptors (Lipinski definition) is 5. The molecule has 6 heteroatoms. The van der Waals surface area contributed by atoms with Gasteiger partial charge in [-0.15, -0.1) is 0 Å². The highest BCUT2D eigenvalue weighted by atomic mass is 79.9. The van der Waals surface area contributed by atoms with E-state index in [1.807, 2.05) is 25.1 Å². The second kappa shape index (κ2) is 6.68. The summed E-state index contributed by atoms with van der Waals surface area (Å²) in [5.74, 6) is 1.95. The maximum absolute atomic E-state index is 5.63. The summed E-state index contributed by atoms with van der Waals surface area (Å²) in [5.41, 5.74) is 6.69. The fourth-order valence-corrected chi connectivity index (χ4v) is 2.07. The normalized spacial score (nSPS) is 10.7. The van der Waals surface area contributed by atoms with Gasteiger partial charge >= 0.3 is 0 Å². The molecule has 2 N–H and O–H groups in total. The van der Waals surface area contributed by atoms with Gasteiger partial charge in [0.05, 0.1) is 0 Å². The van der Waals surface area contributed by atoms with Gasteiger partial charge in [0.2, 0.25) is 0 Å². The first kappa shape index (κ1) is 14.0. The molecule has 0 fully saturated rings. The zero-order valence-electron chi connectivity index (χ0n) is 10.7. The van der Waals surface area contributed by atoms with Gasteiger partial charge in [0.1, 0.15) is 5.75 Å². The molecule has 0 saturated carbocycles. The fourth-order valence-electron chi connectivity index (χ4n) is 1.63. The lowest BCUT2D eigenvalue weighted by molar-refractivity contribution is 0.242. The van der Waals surface area contributed by atoms with Crippen LogP contribution in [0.3, 0.4) is 0 Å². The van der Waals surface area contributed by atoms with Crippen LogP contribution in [0.1, 0.15) is 24.2 Å². The molecule has 0 unspecified atom stereocenters. The second-order valence-corrected chi connectivity index (χ2v) is 4.89. The Labute approximate surface area is 120 Å². The van der Waals surface area contributed by atoms with Crippen molar-refractivity contribution in [3.63, 3.8) is 0 Å². The molecule has 0 radical (unpaired) electrons. The van der Waals surface area contributed by atoms with Crippen molar-refractivity contribution in [3.8, 4) is 5.75 Å². The number of ether oxygens (including phenoxy) is 1. The highest BCUT2D eigenvalue weighted by molar-refractivity contribution is 9.10. The molecule has 0 atom stereocenters. The van der Waals surface area contributed by atoms with Gasteiger partial charge in [0, 0.05) is 10.9 Å². The Balaban J connectivity index is 2.00. The summed E-state index contributed by atoms with van der Waals surface area (Å²) in [4.78, 5) is 4.19. The van der Waals surface area contributed by atoms with Crippen LogP contribution in [-0.2, 0) is 19.4 Å². The average molecular weight is 326 g/mol. The van der Waals surface area contributed by atoms with Gasteiger partial charge in [0.25, 0.3) is 5.89 Å². The van der Waals surface area contributed by atoms with Crippen molar-refractivity contribution in [2.45, 2.75) is 26.4 Å². The standard InChI is InChI=1S/C13H16BrN3O2/c1-2-12-16-13(19-17-12)8-18-10-3-4-11(14)9(7-10)5-6-15/h3-4,7H,2,5-6,8,15H2,1H3. The van der Waals surface area contributed by atoms with E-state index in [4.69, 9.17) is 15.0 Å². The Bertz CT molecular complexity index is 542. The van der Waals surface area contributed by atoms with E-state index in [-0.39, 0.29) is 6.61 Å². The number of nitrogens with two attached hydrogens (primary N) is 1. The van der Waals surface area contributed by atoms with Gasteiger partial charge in [-0.25, -0.2) is 0 Å². The lowest BCUT2D eigenvalue weighted by Crippen LogP contribution is -2.04. The molecular formula is C13H16BrN3O2. The minimum absolute atomic E-state index is 0.275. The summed E-state index contributed by atoms with van der Waals surface area (Å²) in [6, 6.07) is 5.81. The lowest BCUT2D eigenvalue weighted by atomic mass is 10.1. The molecule has 2 aromatic rings. The molecule has 2 rings (SSSR count). The summed E-state index contributed by atoms with van der Waals surface area (Å²) < 4.78 is 11.7. The van der Waals surface area contributed by atoms with Gasteiger partial charge in [-0.1, -0.05) is 28.0 Å². The smallest absolute Gasteiger partial charge is 0.264 e. The number of benzene rings is 1. The van der Waals surface area contributed by atoms with Gasteiger partial charge < -0.3 is 15.0 Å². The molecule has 0 aliphatic rings. The van der Waals surface area contributed by atoms with Crippen LogP contribution in [0.2, 0.25) is 0 Å². The van der Waals surface area contributed by atoms with Crippen LogP contribution in [0.15, 0.2) is 27.2 Å². The maximum atomic E-state index is 5.63. The molecule has 1 aromatic heterocycles. The van der Waals surface area contributed by atoms with Gasteiger partial charge in [0.15, 0.2) is 12.4 Å². The molecule has 102 valence electrons. The van der Waals surface area contributed by atoms with Gasteiger partial charge in [-0.05, 0) is 36.7 Å². The predicted octanol–water partition coefficient (Wildman–Crippen LogP) is 2.47. The summed E-state index contributed by atoms with van der Waals surface area (Å²) in [7, 11) is 0. The van der Waals surface area contributed by atoms with Crippen LogP contribution >= 0.6 is 15.9 Å². The van der Waals surface area contributed by atoms with Crippen molar-refractivity contribution in [2.75, 3.05) is 6.54 Å². The minimum Gasteiger partial charge on any atom is -0.484 e. The highest BCUT2D eigenvalue weighted by Gasteiger charge is 2.07. The fraction of sp³-hybridized carbons (Fsp3) is 0.385. The van der Waals surface area contributed by atoms with E-state index in [0.717, 1.165) is 28.6 Å². The van der Waals surface area contributed by atoms with Crippen LogP contribution in [0.25, 0.3) is 0 Å². The number of hydrogen-bond donors (Lipinski definition) is 1. The van der Waals surface area contributed by atoms with Crippen molar-refractivity contribution in [1.29, 1.82) is 0 Å². The first-order valence-corrected chi connectivity index (χ1v) is 6.95. The van der Waals surface area contributed by atoms with Crippen molar-refractivity contribution in [2.24, 2.45) is 5.73 Å².